The third-order valence-electron chi connectivity index (χ3n) is 5.24. The molecule has 1 aliphatic carbocycles. The highest BCUT2D eigenvalue weighted by Crippen LogP contribution is 2.37. The average Bonchev–Trinajstić information content (AvgIpc) is 3.42. The van der Waals surface area contributed by atoms with Gasteiger partial charge in [-0.2, -0.15) is 0 Å². The Bertz CT molecular complexity index is 1210. The largest absolute Gasteiger partial charge is 0.309 e. The Morgan fingerprint density at radius 3 is 3.17 bits per heavy atom. The molecule has 1 N–H and O–H groups in total. The maximum Gasteiger partial charge on any atom is 0.259 e. The molecule has 0 aromatic carbocycles. The molecule has 0 radical (unpaired) electrons. The number of tetrazole rings is 1. The summed E-state index contributed by atoms with van der Waals surface area (Å²) in [6.45, 7) is 4.93. The first-order chi connectivity index (χ1) is 14.1. The number of rotatable bonds is 5. The van der Waals surface area contributed by atoms with Crippen molar-refractivity contribution in [1.82, 2.24) is 30.2 Å². The standard InChI is InChI=1S/C19H20N6OS3/c1-10-5-6-13-14(8-10)29-18-15(13)17(26)20-16(21-18)11(2)28-19-22-23-24-25(19)9-12-4-3-7-27-12/h3-4,7,10-11H,5-6,8-9H2,1-2H3,(H,20,21,26)/t10-,11+/m0/s1. The zero-order valence-electron chi connectivity index (χ0n) is 16.1. The highest BCUT2D eigenvalue weighted by atomic mass is 32.2. The minimum atomic E-state index is -0.0711. The van der Waals surface area contributed by atoms with Gasteiger partial charge in [-0.1, -0.05) is 24.8 Å². The Morgan fingerprint density at radius 2 is 2.34 bits per heavy atom. The fourth-order valence-corrected chi connectivity index (χ4v) is 6.62. The smallest absolute Gasteiger partial charge is 0.259 e. The molecule has 4 aromatic rings. The monoisotopic (exact) mass is 444 g/mol. The highest BCUT2D eigenvalue weighted by Gasteiger charge is 2.24. The lowest BCUT2D eigenvalue weighted by molar-refractivity contribution is 0.509. The molecule has 0 aliphatic heterocycles. The molecule has 0 bridgehead atoms. The fraction of sp³-hybridized carbons (Fsp3) is 0.421. The van der Waals surface area contributed by atoms with Gasteiger partial charge in [0.05, 0.1) is 17.2 Å². The van der Waals surface area contributed by atoms with Crippen molar-refractivity contribution in [1.29, 1.82) is 0 Å². The van der Waals surface area contributed by atoms with Crippen LogP contribution in [0.1, 0.15) is 46.7 Å². The van der Waals surface area contributed by atoms with Crippen molar-refractivity contribution in [3.05, 3.63) is 49.0 Å². The Balaban J connectivity index is 1.43. The molecule has 29 heavy (non-hydrogen) atoms. The molecular formula is C19H20N6OS3. The zero-order valence-corrected chi connectivity index (χ0v) is 18.5. The zero-order chi connectivity index (χ0) is 20.0. The molecule has 0 saturated carbocycles. The van der Waals surface area contributed by atoms with Gasteiger partial charge in [-0.05, 0) is 59.5 Å². The van der Waals surface area contributed by atoms with Crippen molar-refractivity contribution in [3.63, 3.8) is 0 Å². The van der Waals surface area contributed by atoms with Gasteiger partial charge in [0.1, 0.15) is 10.7 Å². The van der Waals surface area contributed by atoms with Crippen molar-refractivity contribution in [2.75, 3.05) is 0 Å². The Labute approximate surface area is 179 Å². The summed E-state index contributed by atoms with van der Waals surface area (Å²) in [5, 5.41) is 15.6. The van der Waals surface area contributed by atoms with E-state index in [1.807, 2.05) is 18.4 Å². The maximum atomic E-state index is 12.9. The minimum Gasteiger partial charge on any atom is -0.309 e. The summed E-state index contributed by atoms with van der Waals surface area (Å²) in [7, 11) is 0. The number of aromatic amines is 1. The molecule has 0 spiro atoms. The quantitative estimate of drug-likeness (QED) is 0.467. The maximum absolute atomic E-state index is 12.9. The van der Waals surface area contributed by atoms with Crippen LogP contribution in [0.2, 0.25) is 0 Å². The van der Waals surface area contributed by atoms with Gasteiger partial charge in [0, 0.05) is 9.75 Å². The van der Waals surface area contributed by atoms with Crippen LogP contribution in [0.5, 0.6) is 0 Å². The van der Waals surface area contributed by atoms with Crippen molar-refractivity contribution in [2.24, 2.45) is 5.92 Å². The van der Waals surface area contributed by atoms with E-state index in [4.69, 9.17) is 4.98 Å². The normalized spacial score (nSPS) is 17.5. The summed E-state index contributed by atoms with van der Waals surface area (Å²) in [6, 6.07) is 4.08. The number of aryl methyl sites for hydroxylation is 1. The number of thiophene rings is 2. The third kappa shape index (κ3) is 3.64. The van der Waals surface area contributed by atoms with Crippen LogP contribution < -0.4 is 5.56 Å². The summed E-state index contributed by atoms with van der Waals surface area (Å²) in [6.07, 6.45) is 3.16. The molecule has 0 fully saturated rings. The predicted molar refractivity (Wildman–Crippen MR) is 117 cm³/mol. The lowest BCUT2D eigenvalue weighted by atomic mass is 9.89. The van der Waals surface area contributed by atoms with Gasteiger partial charge in [0.15, 0.2) is 0 Å². The molecule has 5 rings (SSSR count). The van der Waals surface area contributed by atoms with Crippen LogP contribution in [0, 0.1) is 5.92 Å². The number of H-pyrrole nitrogens is 1. The fourth-order valence-electron chi connectivity index (χ4n) is 3.70. The first-order valence-electron chi connectivity index (χ1n) is 9.58. The van der Waals surface area contributed by atoms with Gasteiger partial charge in [-0.25, -0.2) is 9.67 Å². The molecular weight excluding hydrogens is 424 g/mol. The first-order valence-corrected chi connectivity index (χ1v) is 12.2. The molecule has 4 heterocycles. The summed E-state index contributed by atoms with van der Waals surface area (Å²) in [5.41, 5.74) is 1.19. The highest BCUT2D eigenvalue weighted by molar-refractivity contribution is 7.99. The number of hydrogen-bond acceptors (Lipinski definition) is 8. The van der Waals surface area contributed by atoms with Crippen LogP contribution in [-0.4, -0.2) is 30.2 Å². The third-order valence-corrected chi connectivity index (χ3v) is 8.33. The van der Waals surface area contributed by atoms with Crippen LogP contribution in [0.4, 0.5) is 0 Å². The van der Waals surface area contributed by atoms with Crippen LogP contribution in [0.3, 0.4) is 0 Å². The molecule has 4 aromatic heterocycles. The van der Waals surface area contributed by atoms with E-state index in [0.717, 1.165) is 29.5 Å². The molecule has 0 saturated heterocycles. The number of nitrogens with one attached hydrogen (secondary N) is 1. The number of thioether (sulfide) groups is 1. The summed E-state index contributed by atoms with van der Waals surface area (Å²) in [5.74, 6) is 1.34. The van der Waals surface area contributed by atoms with Gasteiger partial charge in [0.2, 0.25) is 5.16 Å². The minimum absolute atomic E-state index is 0.0253. The molecule has 150 valence electrons. The number of hydrogen-bond donors (Lipinski definition) is 1. The Morgan fingerprint density at radius 1 is 1.45 bits per heavy atom. The van der Waals surface area contributed by atoms with E-state index in [9.17, 15) is 4.79 Å². The molecule has 1 aliphatic rings. The van der Waals surface area contributed by atoms with Gasteiger partial charge in [-0.3, -0.25) is 4.79 Å². The van der Waals surface area contributed by atoms with Crippen LogP contribution in [-0.2, 0) is 19.4 Å². The van der Waals surface area contributed by atoms with Crippen molar-refractivity contribution in [3.8, 4) is 0 Å². The summed E-state index contributed by atoms with van der Waals surface area (Å²) >= 11 is 4.86. The number of nitrogens with zero attached hydrogens (tertiary/aromatic N) is 5. The average molecular weight is 445 g/mol. The van der Waals surface area contributed by atoms with Crippen LogP contribution in [0.25, 0.3) is 10.2 Å². The second-order valence-corrected chi connectivity index (χ2v) is 10.9. The predicted octanol–water partition coefficient (Wildman–Crippen LogP) is 4.06. The van der Waals surface area contributed by atoms with E-state index in [-0.39, 0.29) is 10.8 Å². The first kappa shape index (κ1) is 19.0. The van der Waals surface area contributed by atoms with E-state index in [1.165, 1.54) is 27.1 Å². The van der Waals surface area contributed by atoms with Gasteiger partial charge in [0.25, 0.3) is 5.56 Å². The number of aromatic nitrogens is 6. The van der Waals surface area contributed by atoms with Gasteiger partial charge in [-0.15, -0.1) is 27.8 Å². The second kappa shape index (κ2) is 7.66. The summed E-state index contributed by atoms with van der Waals surface area (Å²) < 4.78 is 1.79. The van der Waals surface area contributed by atoms with E-state index >= 15 is 0 Å². The lowest BCUT2D eigenvalue weighted by Crippen LogP contribution is -2.15. The van der Waals surface area contributed by atoms with E-state index in [1.54, 1.807) is 27.4 Å². The van der Waals surface area contributed by atoms with Gasteiger partial charge >= 0.3 is 0 Å². The molecule has 0 unspecified atom stereocenters. The van der Waals surface area contributed by atoms with Gasteiger partial charge < -0.3 is 4.98 Å². The summed E-state index contributed by atoms with van der Waals surface area (Å²) in [4.78, 5) is 24.1. The van der Waals surface area contributed by atoms with E-state index in [2.05, 4.69) is 33.5 Å². The van der Waals surface area contributed by atoms with Crippen molar-refractivity contribution in [2.45, 2.75) is 50.1 Å². The Kier molecular flexibility index (Phi) is 5.00. The molecule has 2 atom stereocenters. The second-order valence-electron chi connectivity index (χ2n) is 7.44. The van der Waals surface area contributed by atoms with Crippen molar-refractivity contribution < 1.29 is 0 Å². The van der Waals surface area contributed by atoms with Crippen LogP contribution >= 0.6 is 34.4 Å². The van der Waals surface area contributed by atoms with E-state index < -0.39 is 0 Å². The van der Waals surface area contributed by atoms with E-state index in [0.29, 0.717) is 23.4 Å². The number of fused-ring (bicyclic) bond motifs is 3. The Hall–Kier alpha value is -2.04. The molecule has 10 heteroatoms. The SMILES string of the molecule is C[C@H]1CCc2c(sc3nc([C@@H](C)Sc4nnnn4Cc4cccs4)[nH]c(=O)c23)C1. The van der Waals surface area contributed by atoms with Crippen molar-refractivity contribution >= 4 is 44.7 Å². The van der Waals surface area contributed by atoms with Crippen LogP contribution in [0.15, 0.2) is 27.5 Å². The molecule has 7 nitrogen and oxygen atoms in total. The lowest BCUT2D eigenvalue weighted by Gasteiger charge is -2.17. The molecule has 0 amide bonds. The topological polar surface area (TPSA) is 89.3 Å².